The fourth-order valence-corrected chi connectivity index (χ4v) is 2.04. The molecule has 1 aliphatic heterocycles. The Morgan fingerprint density at radius 3 is 2.40 bits per heavy atom. The van der Waals surface area contributed by atoms with Gasteiger partial charge in [0, 0.05) is 26.2 Å². The van der Waals surface area contributed by atoms with Gasteiger partial charge in [-0.1, -0.05) is 23.7 Å². The largest absolute Gasteiger partial charge is 0.323 e. The zero-order valence-electron chi connectivity index (χ0n) is 11.2. The molecule has 0 unspecified atom stereocenters. The summed E-state index contributed by atoms with van der Waals surface area (Å²) < 4.78 is 0. The molecule has 0 bridgehead atoms. The predicted molar refractivity (Wildman–Crippen MR) is 77.3 cm³/mol. The number of hydrogen-bond acceptors (Lipinski definition) is 4. The number of benzene rings is 1. The number of nitrogens with zero attached hydrogens (tertiary/aromatic N) is 2. The van der Waals surface area contributed by atoms with Gasteiger partial charge in [-0.15, -0.1) is 0 Å². The molecule has 1 aromatic carbocycles. The van der Waals surface area contributed by atoms with Gasteiger partial charge in [0.2, 0.25) is 0 Å². The number of anilines is 1. The Morgan fingerprint density at radius 2 is 1.75 bits per heavy atom. The molecule has 0 radical (unpaired) electrons. The highest BCUT2D eigenvalue weighted by Gasteiger charge is 2.20. The topological polar surface area (TPSA) is 64.7 Å². The van der Waals surface area contributed by atoms with Crippen molar-refractivity contribution < 1.29 is 9.59 Å². The predicted octanol–water partition coefficient (Wildman–Crippen LogP) is 0.557. The maximum absolute atomic E-state index is 11.8. The second kappa shape index (κ2) is 6.69. The minimum atomic E-state index is -0.725. The van der Waals surface area contributed by atoms with Gasteiger partial charge >= 0.3 is 11.8 Å². The summed E-state index contributed by atoms with van der Waals surface area (Å²) in [5, 5.41) is 4.63. The van der Waals surface area contributed by atoms with Crippen molar-refractivity contribution in [2.75, 3.05) is 38.5 Å². The molecular formula is C13H17ClN4O2. The number of amides is 2. The van der Waals surface area contributed by atoms with Crippen LogP contribution in [0.2, 0.25) is 5.02 Å². The van der Waals surface area contributed by atoms with Crippen LogP contribution in [-0.2, 0) is 9.59 Å². The van der Waals surface area contributed by atoms with E-state index in [1.807, 2.05) is 7.05 Å². The first kappa shape index (κ1) is 14.8. The van der Waals surface area contributed by atoms with E-state index < -0.39 is 11.8 Å². The van der Waals surface area contributed by atoms with Crippen LogP contribution in [0.25, 0.3) is 0 Å². The van der Waals surface area contributed by atoms with Gasteiger partial charge in [0.15, 0.2) is 0 Å². The average Bonchev–Trinajstić information content (AvgIpc) is 2.44. The molecule has 0 spiro atoms. The number of carbonyl (C=O) groups excluding carboxylic acids is 2. The Kier molecular flexibility index (Phi) is 4.94. The quantitative estimate of drug-likeness (QED) is 0.783. The highest BCUT2D eigenvalue weighted by atomic mass is 35.5. The smallest absolute Gasteiger partial charge is 0.316 e. The first-order chi connectivity index (χ1) is 9.56. The Labute approximate surface area is 122 Å². The van der Waals surface area contributed by atoms with E-state index in [0.717, 1.165) is 13.1 Å². The molecule has 0 aromatic heterocycles. The van der Waals surface area contributed by atoms with Gasteiger partial charge in [-0.3, -0.25) is 15.0 Å². The highest BCUT2D eigenvalue weighted by molar-refractivity contribution is 6.41. The van der Waals surface area contributed by atoms with Gasteiger partial charge in [0.05, 0.1) is 10.7 Å². The zero-order valence-corrected chi connectivity index (χ0v) is 12.0. The van der Waals surface area contributed by atoms with Crippen molar-refractivity contribution in [3.63, 3.8) is 0 Å². The third kappa shape index (κ3) is 3.93. The molecule has 2 amide bonds. The standard InChI is InChI=1S/C13H17ClN4O2/c1-17-6-8-18(9-7-17)16-13(20)12(19)15-11-5-3-2-4-10(11)14/h2-5H,6-9H2,1H3,(H,15,19)(H,16,20). The summed E-state index contributed by atoms with van der Waals surface area (Å²) in [6, 6.07) is 6.78. The van der Waals surface area contributed by atoms with Crippen LogP contribution in [0, 0.1) is 0 Å². The van der Waals surface area contributed by atoms with Crippen molar-refractivity contribution in [2.45, 2.75) is 0 Å². The lowest BCUT2D eigenvalue weighted by Crippen LogP contribution is -2.54. The third-order valence-corrected chi connectivity index (χ3v) is 3.42. The molecular weight excluding hydrogens is 280 g/mol. The molecule has 1 aliphatic rings. The zero-order chi connectivity index (χ0) is 14.5. The van der Waals surface area contributed by atoms with Crippen LogP contribution >= 0.6 is 11.6 Å². The van der Waals surface area contributed by atoms with Crippen LogP contribution < -0.4 is 10.7 Å². The first-order valence-electron chi connectivity index (χ1n) is 6.36. The number of hydrazine groups is 1. The molecule has 1 aromatic rings. The third-order valence-electron chi connectivity index (χ3n) is 3.09. The van der Waals surface area contributed by atoms with E-state index in [4.69, 9.17) is 11.6 Å². The summed E-state index contributed by atoms with van der Waals surface area (Å²) in [7, 11) is 2.02. The molecule has 0 aliphatic carbocycles. The lowest BCUT2D eigenvalue weighted by atomic mass is 10.3. The van der Waals surface area contributed by atoms with Crippen LogP contribution in [0.1, 0.15) is 0 Å². The summed E-state index contributed by atoms with van der Waals surface area (Å²) in [5.41, 5.74) is 3.02. The Morgan fingerprint density at radius 1 is 1.10 bits per heavy atom. The second-order valence-electron chi connectivity index (χ2n) is 4.67. The molecule has 0 atom stereocenters. The van der Waals surface area contributed by atoms with Gasteiger partial charge in [0.25, 0.3) is 0 Å². The molecule has 6 nitrogen and oxygen atoms in total. The number of carbonyl (C=O) groups is 2. The number of halogens is 1. The van der Waals surface area contributed by atoms with E-state index in [0.29, 0.717) is 23.8 Å². The summed E-state index contributed by atoms with van der Waals surface area (Å²) in [6.07, 6.45) is 0. The SMILES string of the molecule is CN1CCN(NC(=O)C(=O)Nc2ccccc2Cl)CC1. The van der Waals surface area contributed by atoms with Gasteiger partial charge in [-0.2, -0.15) is 0 Å². The Bertz CT molecular complexity index is 501. The van der Waals surface area contributed by atoms with E-state index in [9.17, 15) is 9.59 Å². The number of para-hydroxylation sites is 1. The lowest BCUT2D eigenvalue weighted by Gasteiger charge is -2.32. The van der Waals surface area contributed by atoms with Crippen molar-refractivity contribution in [1.29, 1.82) is 0 Å². The average molecular weight is 297 g/mol. The molecule has 0 saturated carbocycles. The summed E-state index contributed by atoms with van der Waals surface area (Å²) in [4.78, 5) is 25.7. The highest BCUT2D eigenvalue weighted by Crippen LogP contribution is 2.20. The summed E-state index contributed by atoms with van der Waals surface area (Å²) in [6.45, 7) is 3.10. The first-order valence-corrected chi connectivity index (χ1v) is 6.74. The minimum absolute atomic E-state index is 0.397. The maximum atomic E-state index is 11.8. The second-order valence-corrected chi connectivity index (χ2v) is 5.07. The fourth-order valence-electron chi connectivity index (χ4n) is 1.85. The fraction of sp³-hybridized carbons (Fsp3) is 0.385. The van der Waals surface area contributed by atoms with E-state index in [2.05, 4.69) is 15.6 Å². The van der Waals surface area contributed by atoms with Gasteiger partial charge in [-0.05, 0) is 19.2 Å². The van der Waals surface area contributed by atoms with E-state index in [-0.39, 0.29) is 0 Å². The van der Waals surface area contributed by atoms with E-state index in [1.54, 1.807) is 29.3 Å². The Balaban J connectivity index is 1.86. The van der Waals surface area contributed by atoms with Crippen LogP contribution in [-0.4, -0.2) is 54.9 Å². The molecule has 2 N–H and O–H groups in total. The van der Waals surface area contributed by atoms with E-state index >= 15 is 0 Å². The van der Waals surface area contributed by atoms with Crippen molar-refractivity contribution in [1.82, 2.24) is 15.3 Å². The number of rotatable bonds is 2. The van der Waals surface area contributed by atoms with Gasteiger partial charge in [0.1, 0.15) is 0 Å². The molecule has 108 valence electrons. The monoisotopic (exact) mass is 296 g/mol. The van der Waals surface area contributed by atoms with Gasteiger partial charge < -0.3 is 10.2 Å². The van der Waals surface area contributed by atoms with Crippen molar-refractivity contribution in [3.05, 3.63) is 29.3 Å². The van der Waals surface area contributed by atoms with Crippen LogP contribution in [0.4, 0.5) is 5.69 Å². The number of nitrogens with one attached hydrogen (secondary N) is 2. The Hall–Kier alpha value is -1.63. The number of piperazine rings is 1. The van der Waals surface area contributed by atoms with Crippen molar-refractivity contribution >= 4 is 29.1 Å². The number of hydrogen-bond donors (Lipinski definition) is 2. The molecule has 20 heavy (non-hydrogen) atoms. The molecule has 1 fully saturated rings. The van der Waals surface area contributed by atoms with Crippen LogP contribution in [0.15, 0.2) is 24.3 Å². The molecule has 1 saturated heterocycles. The van der Waals surface area contributed by atoms with Crippen molar-refractivity contribution in [2.24, 2.45) is 0 Å². The summed E-state index contributed by atoms with van der Waals surface area (Å²) >= 11 is 5.92. The maximum Gasteiger partial charge on any atom is 0.323 e. The molecule has 7 heteroatoms. The molecule has 2 rings (SSSR count). The van der Waals surface area contributed by atoms with Crippen LogP contribution in [0.3, 0.4) is 0 Å². The minimum Gasteiger partial charge on any atom is -0.316 e. The lowest BCUT2D eigenvalue weighted by molar-refractivity contribution is -0.139. The van der Waals surface area contributed by atoms with E-state index in [1.165, 1.54) is 0 Å². The number of likely N-dealkylation sites (N-methyl/N-ethyl adjacent to an activating group) is 1. The van der Waals surface area contributed by atoms with Crippen molar-refractivity contribution in [3.8, 4) is 0 Å². The molecule has 1 heterocycles. The van der Waals surface area contributed by atoms with Crippen LogP contribution in [0.5, 0.6) is 0 Å². The summed E-state index contributed by atoms with van der Waals surface area (Å²) in [5.74, 6) is -1.41. The van der Waals surface area contributed by atoms with Gasteiger partial charge in [-0.25, -0.2) is 5.01 Å². The normalized spacial score (nSPS) is 16.7.